The minimum atomic E-state index is -0.207. The number of anilines is 1. The maximum Gasteiger partial charge on any atom is 0.262 e. The fraction of sp³-hybridized carbons (Fsp3) is 0.0909. The van der Waals surface area contributed by atoms with Crippen molar-refractivity contribution in [3.8, 4) is 5.75 Å². The summed E-state index contributed by atoms with van der Waals surface area (Å²) >= 11 is 0. The van der Waals surface area contributed by atoms with Crippen LogP contribution in [0.4, 0.5) is 11.4 Å². The van der Waals surface area contributed by atoms with E-state index < -0.39 is 0 Å². The van der Waals surface area contributed by atoms with Gasteiger partial charge in [0, 0.05) is 17.5 Å². The normalized spacial score (nSPS) is 10.7. The van der Waals surface area contributed by atoms with Crippen LogP contribution in [0, 0.1) is 6.92 Å². The van der Waals surface area contributed by atoms with Crippen LogP contribution >= 0.6 is 0 Å². The van der Waals surface area contributed by atoms with Gasteiger partial charge in [-0.15, -0.1) is 0 Å². The molecule has 0 atom stereocenters. The molecule has 0 saturated heterocycles. The Hall–Kier alpha value is -3.40. The zero-order valence-electron chi connectivity index (χ0n) is 14.6. The molecule has 0 aliphatic heterocycles. The summed E-state index contributed by atoms with van der Waals surface area (Å²) < 4.78 is 5.68. The zero-order valence-corrected chi connectivity index (χ0v) is 14.6. The average Bonchev–Trinajstić information content (AvgIpc) is 2.67. The summed E-state index contributed by atoms with van der Waals surface area (Å²) in [5, 5.41) is 2.80. The van der Waals surface area contributed by atoms with Crippen LogP contribution < -0.4 is 10.1 Å². The maximum absolute atomic E-state index is 12.0. The molecule has 0 fully saturated rings. The molecule has 0 heterocycles. The first kappa shape index (κ1) is 17.4. The first-order valence-electron chi connectivity index (χ1n) is 8.38. The van der Waals surface area contributed by atoms with Crippen LogP contribution in [0.1, 0.15) is 11.1 Å². The molecule has 26 heavy (non-hydrogen) atoms. The van der Waals surface area contributed by atoms with Gasteiger partial charge in [0.15, 0.2) is 6.61 Å². The fourth-order valence-corrected chi connectivity index (χ4v) is 2.36. The van der Waals surface area contributed by atoms with Crippen molar-refractivity contribution in [1.82, 2.24) is 0 Å². The number of rotatable bonds is 6. The molecule has 130 valence electrons. The Kier molecular flexibility index (Phi) is 5.78. The molecule has 1 amide bonds. The number of nitrogens with zero attached hydrogens (tertiary/aromatic N) is 1. The van der Waals surface area contributed by atoms with Crippen LogP contribution in [-0.2, 0) is 4.79 Å². The highest BCUT2D eigenvalue weighted by molar-refractivity contribution is 5.92. The van der Waals surface area contributed by atoms with Crippen molar-refractivity contribution >= 4 is 23.5 Å². The number of nitrogens with one attached hydrogen (secondary N) is 1. The lowest BCUT2D eigenvalue weighted by Crippen LogP contribution is -2.20. The van der Waals surface area contributed by atoms with Gasteiger partial charge >= 0.3 is 0 Å². The van der Waals surface area contributed by atoms with Gasteiger partial charge in [0.2, 0.25) is 0 Å². The summed E-state index contributed by atoms with van der Waals surface area (Å²) in [5.74, 6) is 0.410. The van der Waals surface area contributed by atoms with E-state index in [-0.39, 0.29) is 12.5 Å². The van der Waals surface area contributed by atoms with Gasteiger partial charge in [-0.2, -0.15) is 0 Å². The third-order valence-corrected chi connectivity index (χ3v) is 3.72. The van der Waals surface area contributed by atoms with Gasteiger partial charge in [0.05, 0.1) is 5.69 Å². The van der Waals surface area contributed by atoms with E-state index in [2.05, 4.69) is 10.3 Å². The molecule has 4 heteroatoms. The Balaban J connectivity index is 1.63. The van der Waals surface area contributed by atoms with Crippen molar-refractivity contribution in [2.24, 2.45) is 4.99 Å². The van der Waals surface area contributed by atoms with Crippen molar-refractivity contribution in [2.45, 2.75) is 6.92 Å². The van der Waals surface area contributed by atoms with Gasteiger partial charge in [0.25, 0.3) is 5.91 Å². The molecular formula is C22H20N2O2. The average molecular weight is 344 g/mol. The quantitative estimate of drug-likeness (QED) is 0.655. The third-order valence-electron chi connectivity index (χ3n) is 3.72. The first-order chi connectivity index (χ1) is 12.7. The van der Waals surface area contributed by atoms with Gasteiger partial charge in [-0.25, -0.2) is 0 Å². The van der Waals surface area contributed by atoms with E-state index in [9.17, 15) is 4.79 Å². The van der Waals surface area contributed by atoms with Gasteiger partial charge in [-0.3, -0.25) is 9.79 Å². The zero-order chi connectivity index (χ0) is 18.2. The summed E-state index contributed by atoms with van der Waals surface area (Å²) in [7, 11) is 0. The van der Waals surface area contributed by atoms with E-state index in [1.54, 1.807) is 6.21 Å². The van der Waals surface area contributed by atoms with Gasteiger partial charge in [-0.05, 0) is 43.3 Å². The third kappa shape index (κ3) is 5.05. The molecular weight excluding hydrogens is 324 g/mol. The summed E-state index contributed by atoms with van der Waals surface area (Å²) in [6.45, 7) is 1.97. The lowest BCUT2D eigenvalue weighted by atomic mass is 10.2. The van der Waals surface area contributed by atoms with Crippen molar-refractivity contribution in [3.63, 3.8) is 0 Å². The molecule has 3 aromatic carbocycles. The second-order valence-electron chi connectivity index (χ2n) is 5.83. The number of hydrogen-bond donors (Lipinski definition) is 1. The Morgan fingerprint density at radius 1 is 0.962 bits per heavy atom. The van der Waals surface area contributed by atoms with Gasteiger partial charge in [-0.1, -0.05) is 48.0 Å². The number of aryl methyl sites for hydroxylation is 1. The van der Waals surface area contributed by atoms with E-state index in [1.165, 1.54) is 5.56 Å². The predicted molar refractivity (Wildman–Crippen MR) is 105 cm³/mol. The minimum absolute atomic E-state index is 0.0652. The van der Waals surface area contributed by atoms with Crippen molar-refractivity contribution in [3.05, 3.63) is 90.0 Å². The highest BCUT2D eigenvalue weighted by Crippen LogP contribution is 2.18. The number of para-hydroxylation sites is 2. The van der Waals surface area contributed by atoms with Crippen LogP contribution in [0.2, 0.25) is 0 Å². The molecule has 3 rings (SSSR count). The highest BCUT2D eigenvalue weighted by atomic mass is 16.5. The maximum atomic E-state index is 12.0. The molecule has 0 unspecified atom stereocenters. The number of carbonyl (C=O) groups excluding carboxylic acids is 1. The van der Waals surface area contributed by atoms with E-state index in [0.29, 0.717) is 5.75 Å². The summed E-state index contributed by atoms with van der Waals surface area (Å²) in [5.41, 5.74) is 3.63. The van der Waals surface area contributed by atoms with E-state index in [4.69, 9.17) is 4.74 Å². The fourth-order valence-electron chi connectivity index (χ4n) is 2.36. The van der Waals surface area contributed by atoms with Crippen LogP contribution in [0.15, 0.2) is 83.9 Å². The van der Waals surface area contributed by atoms with Crippen LogP contribution in [-0.4, -0.2) is 18.7 Å². The largest absolute Gasteiger partial charge is 0.483 e. The van der Waals surface area contributed by atoms with Crippen LogP contribution in [0.25, 0.3) is 0 Å². The second-order valence-corrected chi connectivity index (χ2v) is 5.83. The highest BCUT2D eigenvalue weighted by Gasteiger charge is 2.06. The minimum Gasteiger partial charge on any atom is -0.483 e. The topological polar surface area (TPSA) is 50.7 Å². The molecule has 0 bridgehead atoms. The number of amides is 1. The van der Waals surface area contributed by atoms with E-state index >= 15 is 0 Å². The van der Waals surface area contributed by atoms with E-state index in [0.717, 1.165) is 16.9 Å². The lowest BCUT2D eigenvalue weighted by molar-refractivity contribution is -0.118. The summed E-state index contributed by atoms with van der Waals surface area (Å²) in [6, 6.07) is 24.8. The van der Waals surface area contributed by atoms with Crippen molar-refractivity contribution in [2.75, 3.05) is 11.9 Å². The number of ether oxygens (including phenoxy) is 1. The molecule has 0 radical (unpaired) electrons. The molecule has 1 N–H and O–H groups in total. The summed E-state index contributed by atoms with van der Waals surface area (Å²) in [6.07, 6.45) is 1.75. The molecule has 0 aliphatic rings. The SMILES string of the molecule is Cc1ccc(N=Cc2ccccc2OCC(=O)Nc2ccccc2)cc1. The lowest BCUT2D eigenvalue weighted by Gasteiger charge is -2.09. The van der Waals surface area contributed by atoms with Gasteiger partial charge in [0.1, 0.15) is 5.75 Å². The van der Waals surface area contributed by atoms with Crippen molar-refractivity contribution in [1.29, 1.82) is 0 Å². The monoisotopic (exact) mass is 344 g/mol. The standard InChI is InChI=1S/C22H20N2O2/c1-17-11-13-19(14-12-17)23-15-18-7-5-6-10-21(18)26-16-22(25)24-20-8-3-2-4-9-20/h2-15H,16H2,1H3,(H,24,25). The van der Waals surface area contributed by atoms with Gasteiger partial charge < -0.3 is 10.1 Å². The Morgan fingerprint density at radius 2 is 1.65 bits per heavy atom. The Labute approximate surface area is 153 Å². The molecule has 4 nitrogen and oxygen atoms in total. The van der Waals surface area contributed by atoms with E-state index in [1.807, 2.05) is 85.8 Å². The number of hydrogen-bond acceptors (Lipinski definition) is 3. The second kappa shape index (κ2) is 8.62. The van der Waals surface area contributed by atoms with Crippen molar-refractivity contribution < 1.29 is 9.53 Å². The molecule has 3 aromatic rings. The molecule has 0 saturated carbocycles. The Morgan fingerprint density at radius 3 is 2.42 bits per heavy atom. The number of aliphatic imine (C=N–C) groups is 1. The van der Waals surface area contributed by atoms with Crippen LogP contribution in [0.5, 0.6) is 5.75 Å². The number of benzene rings is 3. The Bertz CT molecular complexity index is 888. The predicted octanol–water partition coefficient (Wildman–Crippen LogP) is 4.76. The molecule has 0 spiro atoms. The molecule has 0 aromatic heterocycles. The van der Waals surface area contributed by atoms with Crippen LogP contribution in [0.3, 0.4) is 0 Å². The summed E-state index contributed by atoms with van der Waals surface area (Å²) in [4.78, 5) is 16.5. The first-order valence-corrected chi connectivity index (χ1v) is 8.38. The number of carbonyl (C=O) groups is 1. The molecule has 0 aliphatic carbocycles. The smallest absolute Gasteiger partial charge is 0.262 e.